The molecule has 3 aromatic rings. The molecule has 1 aromatic carbocycles. The van der Waals surface area contributed by atoms with Crippen molar-refractivity contribution in [3.8, 4) is 11.4 Å². The summed E-state index contributed by atoms with van der Waals surface area (Å²) in [5.74, 6) is 0.610. The van der Waals surface area contributed by atoms with E-state index in [-0.39, 0.29) is 11.8 Å². The van der Waals surface area contributed by atoms with Crippen LogP contribution in [0.4, 0.5) is 0 Å². The predicted octanol–water partition coefficient (Wildman–Crippen LogP) is 3.36. The molecule has 0 bridgehead atoms. The lowest BCUT2D eigenvalue weighted by Crippen LogP contribution is -2.39. The van der Waals surface area contributed by atoms with Gasteiger partial charge in [0.2, 0.25) is 0 Å². The van der Waals surface area contributed by atoms with Crippen LogP contribution in [0.1, 0.15) is 46.7 Å². The molecule has 0 N–H and O–H groups in total. The normalized spacial score (nSPS) is 16.8. The van der Waals surface area contributed by atoms with Gasteiger partial charge < -0.3 is 9.64 Å². The van der Waals surface area contributed by atoms with Gasteiger partial charge in [0.1, 0.15) is 12.1 Å². The molecule has 1 saturated heterocycles. The molecule has 1 atom stereocenters. The number of nitrogens with zero attached hydrogens (tertiary/aromatic N) is 6. The Morgan fingerprint density at radius 1 is 1.41 bits per heavy atom. The van der Waals surface area contributed by atoms with E-state index in [4.69, 9.17) is 21.3 Å². The Balaban J connectivity index is 1.59. The first kappa shape index (κ1) is 19.8. The molecule has 4 rings (SSSR count). The third kappa shape index (κ3) is 3.97. The van der Waals surface area contributed by atoms with Crippen LogP contribution in [0.3, 0.4) is 0 Å². The molecule has 0 radical (unpaired) electrons. The summed E-state index contributed by atoms with van der Waals surface area (Å²) >= 11 is 8.11. The first-order chi connectivity index (χ1) is 14.1. The maximum Gasteiger partial charge on any atom is 0.257 e. The molecule has 0 saturated carbocycles. The van der Waals surface area contributed by atoms with Crippen molar-refractivity contribution < 1.29 is 9.53 Å². The lowest BCUT2D eigenvalue weighted by molar-refractivity contribution is 0.0703. The largest absolute Gasteiger partial charge is 0.496 e. The van der Waals surface area contributed by atoms with E-state index in [1.807, 2.05) is 4.90 Å². The number of hydrogen-bond acceptors (Lipinski definition) is 7. The zero-order valence-corrected chi connectivity index (χ0v) is 17.8. The van der Waals surface area contributed by atoms with Gasteiger partial charge in [0.05, 0.1) is 34.1 Å². The number of carbonyl (C=O) groups is 1. The quantitative estimate of drug-likeness (QED) is 0.614. The molecule has 3 heterocycles. The molecule has 10 heteroatoms. The fourth-order valence-corrected chi connectivity index (χ4v) is 4.81. The summed E-state index contributed by atoms with van der Waals surface area (Å²) < 4.78 is 6.92. The number of methoxy groups -OCH3 is 1. The van der Waals surface area contributed by atoms with E-state index in [1.165, 1.54) is 18.1 Å². The molecule has 1 amide bonds. The zero-order chi connectivity index (χ0) is 20.4. The summed E-state index contributed by atoms with van der Waals surface area (Å²) in [6.07, 6.45) is 4.35. The number of halogens is 1. The van der Waals surface area contributed by atoms with Crippen molar-refractivity contribution >= 4 is 28.8 Å². The fourth-order valence-electron chi connectivity index (χ4n) is 3.53. The van der Waals surface area contributed by atoms with Gasteiger partial charge in [0, 0.05) is 30.5 Å². The zero-order valence-electron chi connectivity index (χ0n) is 16.2. The van der Waals surface area contributed by atoms with Gasteiger partial charge in [0.15, 0.2) is 0 Å². The molecule has 29 heavy (non-hydrogen) atoms. The molecule has 1 unspecified atom stereocenters. The lowest BCUT2D eigenvalue weighted by atomic mass is 9.97. The van der Waals surface area contributed by atoms with Crippen LogP contribution in [-0.4, -0.2) is 56.2 Å². The third-order valence-corrected chi connectivity index (χ3v) is 6.44. The Morgan fingerprint density at radius 3 is 2.97 bits per heavy atom. The van der Waals surface area contributed by atoms with E-state index in [0.29, 0.717) is 35.1 Å². The summed E-state index contributed by atoms with van der Waals surface area (Å²) in [5, 5.41) is 14.7. The average Bonchev–Trinajstić information content (AvgIpc) is 3.45. The van der Waals surface area contributed by atoms with Crippen LogP contribution in [0.15, 0.2) is 23.8 Å². The van der Waals surface area contributed by atoms with E-state index in [2.05, 4.69) is 27.8 Å². The number of ether oxygens (including phenoxy) is 1. The molecule has 1 fully saturated rings. The molecule has 0 aliphatic carbocycles. The Labute approximate surface area is 177 Å². The van der Waals surface area contributed by atoms with Crippen molar-refractivity contribution in [2.75, 3.05) is 20.2 Å². The van der Waals surface area contributed by atoms with Crippen molar-refractivity contribution in [2.24, 2.45) is 0 Å². The van der Waals surface area contributed by atoms with Crippen molar-refractivity contribution in [3.63, 3.8) is 0 Å². The third-order valence-electron chi connectivity index (χ3n) is 5.08. The standard InChI is InChI=1S/C19H21ClN6O2S/c1-3-13-10-29-18(22-13)12-5-4-6-25(9-12)19(27)14-7-15(20)16(8-17(14)28-2)26-11-21-23-24-26/h7-8,10-12H,3-6,9H2,1-2H3. The molecular weight excluding hydrogens is 412 g/mol. The van der Waals surface area contributed by atoms with E-state index < -0.39 is 0 Å². The Hall–Kier alpha value is -2.52. The van der Waals surface area contributed by atoms with Gasteiger partial charge in [-0.1, -0.05) is 18.5 Å². The van der Waals surface area contributed by atoms with Crippen molar-refractivity contribution in [1.29, 1.82) is 0 Å². The van der Waals surface area contributed by atoms with Crippen LogP contribution in [-0.2, 0) is 6.42 Å². The van der Waals surface area contributed by atoms with E-state index in [1.54, 1.807) is 23.5 Å². The first-order valence-electron chi connectivity index (χ1n) is 9.45. The second kappa shape index (κ2) is 8.46. The van der Waals surface area contributed by atoms with Crippen molar-refractivity contribution in [3.05, 3.63) is 45.1 Å². The Morgan fingerprint density at radius 2 is 2.28 bits per heavy atom. The number of likely N-dealkylation sites (tertiary alicyclic amines) is 1. The van der Waals surface area contributed by atoms with Gasteiger partial charge in [-0.25, -0.2) is 4.98 Å². The van der Waals surface area contributed by atoms with E-state index in [0.717, 1.165) is 30.0 Å². The molecular formula is C19H21ClN6O2S. The summed E-state index contributed by atoms with van der Waals surface area (Å²) in [5.41, 5.74) is 2.10. The number of hydrogen-bond donors (Lipinski definition) is 0. The minimum absolute atomic E-state index is 0.0935. The van der Waals surface area contributed by atoms with Crippen LogP contribution in [0.5, 0.6) is 5.75 Å². The molecule has 1 aliphatic heterocycles. The maximum absolute atomic E-state index is 13.3. The van der Waals surface area contributed by atoms with E-state index >= 15 is 0 Å². The minimum Gasteiger partial charge on any atom is -0.496 e. The number of amides is 1. The van der Waals surface area contributed by atoms with Crippen LogP contribution in [0.2, 0.25) is 5.02 Å². The highest BCUT2D eigenvalue weighted by molar-refractivity contribution is 7.09. The number of tetrazole rings is 1. The van der Waals surface area contributed by atoms with Crippen LogP contribution in [0, 0.1) is 0 Å². The van der Waals surface area contributed by atoms with Crippen molar-refractivity contribution in [1.82, 2.24) is 30.1 Å². The maximum atomic E-state index is 13.3. The van der Waals surface area contributed by atoms with Crippen LogP contribution in [0.25, 0.3) is 5.69 Å². The van der Waals surface area contributed by atoms with E-state index in [9.17, 15) is 4.79 Å². The second-order valence-electron chi connectivity index (χ2n) is 6.88. The molecule has 2 aromatic heterocycles. The minimum atomic E-state index is -0.0935. The second-order valence-corrected chi connectivity index (χ2v) is 8.18. The average molecular weight is 433 g/mol. The first-order valence-corrected chi connectivity index (χ1v) is 10.7. The molecule has 0 spiro atoms. The van der Waals surface area contributed by atoms with Gasteiger partial charge in [0.25, 0.3) is 5.91 Å². The highest BCUT2D eigenvalue weighted by atomic mass is 35.5. The van der Waals surface area contributed by atoms with Crippen LogP contribution >= 0.6 is 22.9 Å². The topological polar surface area (TPSA) is 86.0 Å². The van der Waals surface area contributed by atoms with Gasteiger partial charge in [-0.2, -0.15) is 4.68 Å². The number of rotatable bonds is 5. The number of benzene rings is 1. The smallest absolute Gasteiger partial charge is 0.257 e. The number of carbonyl (C=O) groups excluding carboxylic acids is 1. The predicted molar refractivity (Wildman–Crippen MR) is 110 cm³/mol. The van der Waals surface area contributed by atoms with Crippen LogP contribution < -0.4 is 4.74 Å². The Bertz CT molecular complexity index is 1010. The van der Waals surface area contributed by atoms with Crippen molar-refractivity contribution in [2.45, 2.75) is 32.1 Å². The van der Waals surface area contributed by atoms with Gasteiger partial charge in [-0.15, -0.1) is 16.4 Å². The van der Waals surface area contributed by atoms with Gasteiger partial charge >= 0.3 is 0 Å². The highest BCUT2D eigenvalue weighted by Gasteiger charge is 2.29. The lowest BCUT2D eigenvalue weighted by Gasteiger charge is -2.32. The molecule has 8 nitrogen and oxygen atoms in total. The number of piperidine rings is 1. The SMILES string of the molecule is CCc1csc(C2CCCN(C(=O)c3cc(Cl)c(-n4cnnn4)cc3OC)C2)n1. The fraction of sp³-hybridized carbons (Fsp3) is 0.421. The summed E-state index contributed by atoms with van der Waals surface area (Å²) in [7, 11) is 1.53. The molecule has 152 valence electrons. The monoisotopic (exact) mass is 432 g/mol. The summed E-state index contributed by atoms with van der Waals surface area (Å²) in [6.45, 7) is 3.45. The summed E-state index contributed by atoms with van der Waals surface area (Å²) in [6, 6.07) is 3.31. The van der Waals surface area contributed by atoms with Gasteiger partial charge in [-0.05, 0) is 35.8 Å². The Kier molecular flexibility index (Phi) is 5.77. The number of aromatic nitrogens is 5. The number of aryl methyl sites for hydroxylation is 1. The number of thiazole rings is 1. The van der Waals surface area contributed by atoms with Gasteiger partial charge in [-0.3, -0.25) is 4.79 Å². The highest BCUT2D eigenvalue weighted by Crippen LogP contribution is 2.33. The molecule has 1 aliphatic rings. The summed E-state index contributed by atoms with van der Waals surface area (Å²) in [4.78, 5) is 19.9.